The van der Waals surface area contributed by atoms with E-state index < -0.39 is 17.3 Å². The predicted molar refractivity (Wildman–Crippen MR) is 85.0 cm³/mol. The summed E-state index contributed by atoms with van der Waals surface area (Å²) in [7, 11) is 0. The molecule has 1 aromatic carbocycles. The molecule has 0 aliphatic heterocycles. The second-order valence-electron chi connectivity index (χ2n) is 7.12. The van der Waals surface area contributed by atoms with Crippen LogP contribution in [0.5, 0.6) is 0 Å². The Morgan fingerprint density at radius 1 is 1.25 bits per heavy atom. The van der Waals surface area contributed by atoms with Crippen LogP contribution in [-0.2, 0) is 16.5 Å². The fraction of sp³-hybridized carbons (Fsp3) is 0.611. The number of alkyl halides is 3. The molecule has 0 bridgehead atoms. The summed E-state index contributed by atoms with van der Waals surface area (Å²) in [6.45, 7) is 0. The first-order valence-electron chi connectivity index (χ1n) is 8.54. The van der Waals surface area contributed by atoms with Crippen LogP contribution in [0.15, 0.2) is 24.3 Å². The Labute approximate surface area is 139 Å². The zero-order chi connectivity index (χ0) is 17.4. The van der Waals surface area contributed by atoms with Gasteiger partial charge in [0.1, 0.15) is 0 Å². The van der Waals surface area contributed by atoms with E-state index in [-0.39, 0.29) is 17.9 Å². The molecule has 3 N–H and O–H groups in total. The number of nitrogens with one attached hydrogen (secondary N) is 1. The van der Waals surface area contributed by atoms with Gasteiger partial charge in [0.05, 0.1) is 11.1 Å². The Bertz CT molecular complexity index is 611. The van der Waals surface area contributed by atoms with Crippen LogP contribution in [0.2, 0.25) is 0 Å². The van der Waals surface area contributed by atoms with Crippen LogP contribution in [0.4, 0.5) is 13.2 Å². The predicted octanol–water partition coefficient (Wildman–Crippen LogP) is 3.72. The molecule has 132 valence electrons. The van der Waals surface area contributed by atoms with Crippen LogP contribution < -0.4 is 11.1 Å². The van der Waals surface area contributed by atoms with Crippen molar-refractivity contribution in [3.63, 3.8) is 0 Å². The first-order chi connectivity index (χ1) is 11.3. The molecule has 6 heteroatoms. The highest BCUT2D eigenvalue weighted by molar-refractivity contribution is 5.77. The first-order valence-corrected chi connectivity index (χ1v) is 8.54. The highest BCUT2D eigenvalue weighted by Crippen LogP contribution is 2.43. The molecule has 3 rings (SSSR count). The van der Waals surface area contributed by atoms with Gasteiger partial charge in [-0.25, -0.2) is 0 Å². The number of hydrogen-bond donors (Lipinski definition) is 2. The van der Waals surface area contributed by atoms with Gasteiger partial charge in [-0.2, -0.15) is 13.2 Å². The summed E-state index contributed by atoms with van der Waals surface area (Å²) in [6, 6.07) is 5.38. The molecule has 1 aromatic rings. The lowest BCUT2D eigenvalue weighted by Crippen LogP contribution is -2.51. The summed E-state index contributed by atoms with van der Waals surface area (Å²) in [5, 5.41) is 3.01. The van der Waals surface area contributed by atoms with Gasteiger partial charge >= 0.3 is 6.18 Å². The van der Waals surface area contributed by atoms with Gasteiger partial charge in [-0.05, 0) is 55.7 Å². The van der Waals surface area contributed by atoms with Crippen molar-refractivity contribution in [2.24, 2.45) is 11.7 Å². The largest absolute Gasteiger partial charge is 0.416 e. The van der Waals surface area contributed by atoms with Gasteiger partial charge in [-0.15, -0.1) is 0 Å². The molecule has 2 aliphatic rings. The van der Waals surface area contributed by atoms with Crippen molar-refractivity contribution < 1.29 is 18.0 Å². The summed E-state index contributed by atoms with van der Waals surface area (Å²) in [6.07, 6.45) is 1.18. The molecule has 0 spiro atoms. The number of carbonyl (C=O) groups excluding carboxylic acids is 1. The normalized spacial score (nSPS) is 26.0. The maximum atomic E-state index is 13.0. The summed E-state index contributed by atoms with van der Waals surface area (Å²) >= 11 is 0. The van der Waals surface area contributed by atoms with E-state index in [1.54, 1.807) is 6.07 Å². The molecular weight excluding hydrogens is 317 g/mol. The van der Waals surface area contributed by atoms with Crippen LogP contribution in [-0.4, -0.2) is 11.9 Å². The van der Waals surface area contributed by atoms with Crippen molar-refractivity contribution in [1.29, 1.82) is 0 Å². The number of hydrogen-bond acceptors (Lipinski definition) is 2. The van der Waals surface area contributed by atoms with Crippen LogP contribution in [0, 0.1) is 5.92 Å². The van der Waals surface area contributed by atoms with E-state index in [1.165, 1.54) is 12.1 Å². The molecule has 0 saturated heterocycles. The third kappa shape index (κ3) is 3.43. The molecule has 24 heavy (non-hydrogen) atoms. The van der Waals surface area contributed by atoms with Crippen LogP contribution in [0.1, 0.15) is 56.1 Å². The topological polar surface area (TPSA) is 55.1 Å². The van der Waals surface area contributed by atoms with Crippen molar-refractivity contribution >= 4 is 5.91 Å². The highest BCUT2D eigenvalue weighted by atomic mass is 19.4. The highest BCUT2D eigenvalue weighted by Gasteiger charge is 2.42. The molecule has 0 heterocycles. The van der Waals surface area contributed by atoms with Gasteiger partial charge in [0.15, 0.2) is 0 Å². The Hall–Kier alpha value is -1.56. The van der Waals surface area contributed by atoms with Gasteiger partial charge in [-0.3, -0.25) is 4.79 Å². The molecule has 0 aromatic heterocycles. The second-order valence-corrected chi connectivity index (χ2v) is 7.12. The lowest BCUT2D eigenvalue weighted by Gasteiger charge is -2.43. The Kier molecular flexibility index (Phi) is 4.60. The number of nitrogens with two attached hydrogens (primary N) is 1. The molecule has 2 fully saturated rings. The summed E-state index contributed by atoms with van der Waals surface area (Å²) < 4.78 is 38.9. The van der Waals surface area contributed by atoms with E-state index in [9.17, 15) is 18.0 Å². The van der Waals surface area contributed by atoms with Crippen LogP contribution in [0.25, 0.3) is 0 Å². The Morgan fingerprint density at radius 3 is 2.54 bits per heavy atom. The standard InChI is InChI=1S/C18H23F3N2O/c19-18(20,21)14-6-2-5-13(11-14)17(8-3-9-17)23-16(24)10-12-4-1-7-15(12)22/h2,5-6,11-12,15H,1,3-4,7-10,22H2,(H,23,24)/t12-,15+/m0/s1. The van der Waals surface area contributed by atoms with Gasteiger partial charge in [-0.1, -0.05) is 18.6 Å². The van der Waals surface area contributed by atoms with Crippen LogP contribution in [0.3, 0.4) is 0 Å². The number of amides is 1. The minimum atomic E-state index is -4.37. The number of rotatable bonds is 4. The fourth-order valence-corrected chi connectivity index (χ4v) is 3.88. The summed E-state index contributed by atoms with van der Waals surface area (Å²) in [4.78, 5) is 12.4. The lowest BCUT2D eigenvalue weighted by atomic mass is 9.71. The Morgan fingerprint density at radius 2 is 2.00 bits per heavy atom. The maximum absolute atomic E-state index is 13.0. The third-order valence-corrected chi connectivity index (χ3v) is 5.49. The van der Waals surface area contributed by atoms with Gasteiger partial charge in [0.25, 0.3) is 0 Å². The zero-order valence-corrected chi connectivity index (χ0v) is 13.5. The fourth-order valence-electron chi connectivity index (χ4n) is 3.88. The van der Waals surface area contributed by atoms with Crippen molar-refractivity contribution in [2.75, 3.05) is 0 Å². The van der Waals surface area contributed by atoms with Crippen molar-refractivity contribution in [1.82, 2.24) is 5.32 Å². The van der Waals surface area contributed by atoms with Crippen molar-refractivity contribution in [3.05, 3.63) is 35.4 Å². The molecule has 2 aliphatic carbocycles. The SMILES string of the molecule is N[C@@H]1CCC[C@H]1CC(=O)NC1(c2cccc(C(F)(F)F)c2)CCC1. The molecular formula is C18H23F3N2O. The maximum Gasteiger partial charge on any atom is 0.416 e. The van der Waals surface area contributed by atoms with Gasteiger partial charge in [0, 0.05) is 12.5 Å². The van der Waals surface area contributed by atoms with Gasteiger partial charge < -0.3 is 11.1 Å². The van der Waals surface area contributed by atoms with E-state index in [0.717, 1.165) is 31.7 Å². The van der Waals surface area contributed by atoms with Crippen LogP contribution >= 0.6 is 0 Å². The summed E-state index contributed by atoms with van der Waals surface area (Å²) in [5.41, 5.74) is 5.24. The number of carbonyl (C=O) groups is 1. The quantitative estimate of drug-likeness (QED) is 0.878. The van der Waals surface area contributed by atoms with E-state index in [4.69, 9.17) is 5.73 Å². The molecule has 1 amide bonds. The third-order valence-electron chi connectivity index (χ3n) is 5.49. The van der Waals surface area contributed by atoms with E-state index in [0.29, 0.717) is 24.8 Å². The lowest BCUT2D eigenvalue weighted by molar-refractivity contribution is -0.137. The average molecular weight is 340 g/mol. The average Bonchev–Trinajstić information content (AvgIpc) is 2.87. The second kappa shape index (κ2) is 6.39. The first kappa shape index (κ1) is 17.3. The number of benzene rings is 1. The van der Waals surface area contributed by atoms with E-state index >= 15 is 0 Å². The van der Waals surface area contributed by atoms with Crippen molar-refractivity contribution in [2.45, 2.75) is 62.7 Å². The van der Waals surface area contributed by atoms with Gasteiger partial charge in [0.2, 0.25) is 5.91 Å². The molecule has 0 unspecified atom stereocenters. The molecule has 2 atom stereocenters. The molecule has 3 nitrogen and oxygen atoms in total. The van der Waals surface area contributed by atoms with E-state index in [1.807, 2.05) is 0 Å². The zero-order valence-electron chi connectivity index (χ0n) is 13.5. The smallest absolute Gasteiger partial charge is 0.347 e. The van der Waals surface area contributed by atoms with E-state index in [2.05, 4.69) is 5.32 Å². The molecule has 0 radical (unpaired) electrons. The van der Waals surface area contributed by atoms with Crippen molar-refractivity contribution in [3.8, 4) is 0 Å². The monoisotopic (exact) mass is 340 g/mol. The number of halogens is 3. The minimum absolute atomic E-state index is 0.0571. The Balaban J connectivity index is 1.73. The molecule has 2 saturated carbocycles. The minimum Gasteiger partial charge on any atom is -0.347 e. The summed E-state index contributed by atoms with van der Waals surface area (Å²) in [5.74, 6) is 0.0816.